The molecule has 0 radical (unpaired) electrons. The summed E-state index contributed by atoms with van der Waals surface area (Å²) in [7, 11) is 0. The van der Waals surface area contributed by atoms with E-state index in [1.165, 1.54) is 42.2 Å². The summed E-state index contributed by atoms with van der Waals surface area (Å²) < 4.78 is 0. The maximum Gasteiger partial charge on any atom is 0.151 e. The Kier molecular flexibility index (Phi) is 6.00. The van der Waals surface area contributed by atoms with Gasteiger partial charge >= 0.3 is 0 Å². The molecule has 0 spiro atoms. The van der Waals surface area contributed by atoms with Crippen molar-refractivity contribution in [3.05, 3.63) is 69.2 Å². The second kappa shape index (κ2) is 7.77. The van der Waals surface area contributed by atoms with Crippen LogP contribution < -0.4 is 0 Å². The molecule has 1 saturated heterocycles. The van der Waals surface area contributed by atoms with Crippen LogP contribution in [0.25, 0.3) is 0 Å². The third kappa shape index (κ3) is 3.69. The van der Waals surface area contributed by atoms with E-state index in [0.717, 1.165) is 9.75 Å². The molecule has 0 saturated carbocycles. The molecular formula is C18H23NOS2. The van der Waals surface area contributed by atoms with Crippen molar-refractivity contribution in [3.8, 4) is 0 Å². The van der Waals surface area contributed by atoms with Crippen molar-refractivity contribution in [3.63, 3.8) is 0 Å². The minimum atomic E-state index is -1.01. The zero-order valence-corrected chi connectivity index (χ0v) is 14.8. The van der Waals surface area contributed by atoms with Gasteiger partial charge in [-0.1, -0.05) is 38.6 Å². The third-order valence-corrected chi connectivity index (χ3v) is 5.51. The molecule has 4 heteroatoms. The van der Waals surface area contributed by atoms with E-state index in [2.05, 4.69) is 17.6 Å². The normalized spacial score (nSPS) is 14.9. The zero-order chi connectivity index (χ0) is 16.0. The highest BCUT2D eigenvalue weighted by molar-refractivity contribution is 7.11. The average molecular weight is 334 g/mol. The SMILES string of the molecule is C1=C2CN2CC1.C=CC(O)(c1cccs1)c1cccs1.CC. The van der Waals surface area contributed by atoms with Crippen molar-refractivity contribution in [2.75, 3.05) is 13.1 Å². The van der Waals surface area contributed by atoms with E-state index in [-0.39, 0.29) is 0 Å². The van der Waals surface area contributed by atoms with Crippen LogP contribution in [-0.4, -0.2) is 23.1 Å². The quantitative estimate of drug-likeness (QED) is 0.641. The lowest BCUT2D eigenvalue weighted by Crippen LogP contribution is -2.21. The van der Waals surface area contributed by atoms with E-state index >= 15 is 0 Å². The molecule has 0 bridgehead atoms. The van der Waals surface area contributed by atoms with Crippen molar-refractivity contribution >= 4 is 22.7 Å². The maximum atomic E-state index is 10.4. The molecule has 2 aliphatic rings. The van der Waals surface area contributed by atoms with Gasteiger partial charge in [-0.05, 0) is 35.4 Å². The van der Waals surface area contributed by atoms with Gasteiger partial charge in [0.15, 0.2) is 5.60 Å². The molecule has 0 amide bonds. The standard InChI is InChI=1S/C11H10OS2.C5H7N.C2H6/c1-2-11(12,9-5-3-7-13-9)10-6-4-8-14-10;1-2-5-4-6(5)3-1;1-2/h2-8,12H,1H2;2H,1,3-4H2;1-2H3. The smallest absolute Gasteiger partial charge is 0.151 e. The van der Waals surface area contributed by atoms with Gasteiger partial charge in [-0.25, -0.2) is 0 Å². The number of fused-ring (bicyclic) bond motifs is 1. The van der Waals surface area contributed by atoms with E-state index in [0.29, 0.717) is 0 Å². The zero-order valence-electron chi connectivity index (χ0n) is 13.2. The van der Waals surface area contributed by atoms with Crippen molar-refractivity contribution in [2.24, 2.45) is 0 Å². The number of hydrogen-bond donors (Lipinski definition) is 1. The largest absolute Gasteiger partial charge is 0.375 e. The highest BCUT2D eigenvalue weighted by atomic mass is 32.1. The van der Waals surface area contributed by atoms with Crippen molar-refractivity contribution in [1.29, 1.82) is 0 Å². The summed E-state index contributed by atoms with van der Waals surface area (Å²) in [6.07, 6.45) is 5.21. The van der Waals surface area contributed by atoms with E-state index in [9.17, 15) is 5.11 Å². The first kappa shape index (κ1) is 17.0. The molecule has 2 aromatic rings. The number of aliphatic hydroxyl groups is 1. The minimum absolute atomic E-state index is 0.912. The highest BCUT2D eigenvalue weighted by Crippen LogP contribution is 2.36. The lowest BCUT2D eigenvalue weighted by atomic mass is 10.0. The molecule has 4 heterocycles. The fourth-order valence-corrected chi connectivity index (χ4v) is 4.01. The van der Waals surface area contributed by atoms with Crippen molar-refractivity contribution < 1.29 is 5.11 Å². The summed E-state index contributed by atoms with van der Waals surface area (Å²) in [5, 5.41) is 14.4. The number of nitrogens with zero attached hydrogens (tertiary/aromatic N) is 1. The maximum absolute atomic E-state index is 10.4. The summed E-state index contributed by atoms with van der Waals surface area (Å²) in [4.78, 5) is 4.21. The van der Waals surface area contributed by atoms with Crippen LogP contribution in [0.2, 0.25) is 0 Å². The van der Waals surface area contributed by atoms with Crippen LogP contribution in [0.3, 0.4) is 0 Å². The molecule has 0 atom stereocenters. The van der Waals surface area contributed by atoms with Crippen LogP contribution in [0.5, 0.6) is 0 Å². The van der Waals surface area contributed by atoms with Gasteiger partial charge in [0, 0.05) is 22.0 Å². The number of rotatable bonds is 3. The van der Waals surface area contributed by atoms with E-state index in [1.54, 1.807) is 11.8 Å². The van der Waals surface area contributed by atoms with Gasteiger partial charge in [-0.2, -0.15) is 0 Å². The van der Waals surface area contributed by atoms with Crippen molar-refractivity contribution in [2.45, 2.75) is 25.9 Å². The summed E-state index contributed by atoms with van der Waals surface area (Å²) in [5.41, 5.74) is 0.567. The monoisotopic (exact) mass is 333 g/mol. The number of hydrogen-bond acceptors (Lipinski definition) is 4. The molecule has 2 aliphatic heterocycles. The summed E-state index contributed by atoms with van der Waals surface area (Å²) >= 11 is 3.08. The van der Waals surface area contributed by atoms with Crippen LogP contribution in [-0.2, 0) is 5.60 Å². The van der Waals surface area contributed by atoms with Crippen LogP contribution in [0.1, 0.15) is 30.0 Å². The van der Waals surface area contributed by atoms with Gasteiger partial charge in [-0.15, -0.1) is 22.7 Å². The molecule has 1 N–H and O–H groups in total. The Morgan fingerprint density at radius 3 is 2.00 bits per heavy atom. The fourth-order valence-electron chi connectivity index (χ4n) is 2.28. The van der Waals surface area contributed by atoms with Crippen LogP contribution in [0, 0.1) is 0 Å². The topological polar surface area (TPSA) is 23.2 Å². The van der Waals surface area contributed by atoms with Gasteiger partial charge in [0.05, 0.1) is 6.54 Å². The molecule has 0 aliphatic carbocycles. The van der Waals surface area contributed by atoms with Crippen molar-refractivity contribution in [1.82, 2.24) is 4.90 Å². The second-order valence-electron chi connectivity index (χ2n) is 4.83. The first-order chi connectivity index (χ1) is 10.7. The Morgan fingerprint density at radius 1 is 1.18 bits per heavy atom. The average Bonchev–Trinajstić information content (AvgIpc) is 3.12. The lowest BCUT2D eigenvalue weighted by Gasteiger charge is -2.21. The third-order valence-electron chi connectivity index (χ3n) is 3.52. The lowest BCUT2D eigenvalue weighted by molar-refractivity contribution is 0.143. The predicted octanol–water partition coefficient (Wildman–Crippen LogP) is 4.85. The summed E-state index contributed by atoms with van der Waals surface area (Å²) in [6.45, 7) is 10.3. The van der Waals surface area contributed by atoms with E-state index in [1.807, 2.05) is 48.9 Å². The first-order valence-corrected chi connectivity index (χ1v) is 9.38. The second-order valence-corrected chi connectivity index (χ2v) is 6.73. The Balaban J connectivity index is 0.000000181. The molecule has 0 aromatic carbocycles. The van der Waals surface area contributed by atoms with Gasteiger partial charge in [0.25, 0.3) is 0 Å². The molecule has 118 valence electrons. The first-order valence-electron chi connectivity index (χ1n) is 7.62. The van der Waals surface area contributed by atoms with Crippen LogP contribution in [0.15, 0.2) is 59.5 Å². The molecule has 1 fully saturated rings. The Bertz CT molecular complexity index is 565. The van der Waals surface area contributed by atoms with Gasteiger partial charge in [0.1, 0.15) is 0 Å². The molecule has 2 nitrogen and oxygen atoms in total. The summed E-state index contributed by atoms with van der Waals surface area (Å²) in [6, 6.07) is 7.71. The minimum Gasteiger partial charge on any atom is -0.375 e. The molecule has 0 unspecified atom stereocenters. The molecule has 2 aromatic heterocycles. The number of thiophene rings is 2. The van der Waals surface area contributed by atoms with Crippen LogP contribution in [0.4, 0.5) is 0 Å². The molecule has 4 rings (SSSR count). The molecular weight excluding hydrogens is 310 g/mol. The van der Waals surface area contributed by atoms with Gasteiger partial charge < -0.3 is 10.0 Å². The Morgan fingerprint density at radius 2 is 1.77 bits per heavy atom. The van der Waals surface area contributed by atoms with Crippen LogP contribution >= 0.6 is 22.7 Å². The predicted molar refractivity (Wildman–Crippen MR) is 97.5 cm³/mol. The van der Waals surface area contributed by atoms with E-state index in [4.69, 9.17) is 0 Å². The Hall–Kier alpha value is -1.36. The fraction of sp³-hybridized carbons (Fsp3) is 0.333. The summed E-state index contributed by atoms with van der Waals surface area (Å²) in [5.74, 6) is 0. The highest BCUT2D eigenvalue weighted by Gasteiger charge is 2.29. The van der Waals surface area contributed by atoms with Gasteiger partial charge in [-0.3, -0.25) is 0 Å². The Labute approximate surface area is 141 Å². The molecule has 22 heavy (non-hydrogen) atoms. The van der Waals surface area contributed by atoms with E-state index < -0.39 is 5.60 Å². The van der Waals surface area contributed by atoms with Gasteiger partial charge in [0.2, 0.25) is 0 Å².